The van der Waals surface area contributed by atoms with E-state index in [2.05, 4.69) is 9.47 Å². The molecule has 0 spiro atoms. The smallest absolute Gasteiger partial charge is 0.311 e. The lowest BCUT2D eigenvalue weighted by Crippen LogP contribution is -2.36. The Labute approximate surface area is 81.4 Å². The molecule has 0 saturated carbocycles. The van der Waals surface area contributed by atoms with Gasteiger partial charge >= 0.3 is 11.9 Å². The standard InChI is InChI=1S/C8H14O6/c1-13-7(11)5(3-9)6(4-10)8(12)14-2/h5-6,9-10H,3-4H2,1-2H3/t5-,6-/m1/s1. The molecule has 0 heterocycles. The molecule has 0 aliphatic carbocycles. The first kappa shape index (κ1) is 12.9. The molecule has 6 heteroatoms. The van der Waals surface area contributed by atoms with Gasteiger partial charge in [0.15, 0.2) is 0 Å². The summed E-state index contributed by atoms with van der Waals surface area (Å²) >= 11 is 0. The van der Waals surface area contributed by atoms with Crippen molar-refractivity contribution in [2.75, 3.05) is 27.4 Å². The first-order valence-electron chi connectivity index (χ1n) is 3.99. The number of rotatable bonds is 5. The van der Waals surface area contributed by atoms with Crippen molar-refractivity contribution in [1.82, 2.24) is 0 Å². The molecule has 0 aliphatic heterocycles. The lowest BCUT2D eigenvalue weighted by atomic mass is 9.94. The van der Waals surface area contributed by atoms with E-state index in [1.165, 1.54) is 0 Å². The molecule has 0 aromatic rings. The molecule has 0 amide bonds. The van der Waals surface area contributed by atoms with Crippen LogP contribution in [0.1, 0.15) is 0 Å². The van der Waals surface area contributed by atoms with E-state index < -0.39 is 37.0 Å². The molecule has 14 heavy (non-hydrogen) atoms. The van der Waals surface area contributed by atoms with Crippen molar-refractivity contribution in [2.24, 2.45) is 11.8 Å². The van der Waals surface area contributed by atoms with Gasteiger partial charge in [0.1, 0.15) is 0 Å². The zero-order valence-corrected chi connectivity index (χ0v) is 8.10. The van der Waals surface area contributed by atoms with E-state index in [1.54, 1.807) is 0 Å². The molecule has 6 nitrogen and oxygen atoms in total. The van der Waals surface area contributed by atoms with Crippen molar-refractivity contribution < 1.29 is 29.3 Å². The number of hydrogen-bond donors (Lipinski definition) is 2. The molecular weight excluding hydrogens is 192 g/mol. The zero-order chi connectivity index (χ0) is 11.1. The van der Waals surface area contributed by atoms with Gasteiger partial charge in [0.2, 0.25) is 0 Å². The van der Waals surface area contributed by atoms with Gasteiger partial charge < -0.3 is 19.7 Å². The summed E-state index contributed by atoms with van der Waals surface area (Å²) in [5.41, 5.74) is 0. The average molecular weight is 206 g/mol. The van der Waals surface area contributed by atoms with Gasteiger partial charge in [0.25, 0.3) is 0 Å². The van der Waals surface area contributed by atoms with Crippen LogP contribution in [0.5, 0.6) is 0 Å². The molecule has 0 unspecified atom stereocenters. The summed E-state index contributed by atoms with van der Waals surface area (Å²) in [5.74, 6) is -3.68. The van der Waals surface area contributed by atoms with Crippen LogP contribution in [-0.4, -0.2) is 49.6 Å². The van der Waals surface area contributed by atoms with Crippen LogP contribution in [0.4, 0.5) is 0 Å². The SMILES string of the molecule is COC(=O)[C@H](CO)[C@@H](CO)C(=O)OC. The van der Waals surface area contributed by atoms with Gasteiger partial charge in [0, 0.05) is 0 Å². The van der Waals surface area contributed by atoms with E-state index in [1.807, 2.05) is 0 Å². The third-order valence-electron chi connectivity index (χ3n) is 1.89. The minimum atomic E-state index is -1.09. The average Bonchev–Trinajstić information content (AvgIpc) is 2.23. The fourth-order valence-electron chi connectivity index (χ4n) is 1.03. The highest BCUT2D eigenvalue weighted by Gasteiger charge is 2.34. The van der Waals surface area contributed by atoms with E-state index in [0.717, 1.165) is 14.2 Å². The number of hydrogen-bond acceptors (Lipinski definition) is 6. The molecule has 0 aliphatic rings. The Morgan fingerprint density at radius 3 is 1.43 bits per heavy atom. The van der Waals surface area contributed by atoms with Gasteiger partial charge in [-0.25, -0.2) is 0 Å². The van der Waals surface area contributed by atoms with Crippen LogP contribution < -0.4 is 0 Å². The van der Waals surface area contributed by atoms with Crippen LogP contribution in [0.2, 0.25) is 0 Å². The quantitative estimate of drug-likeness (QED) is 0.534. The molecule has 0 aromatic heterocycles. The maximum atomic E-state index is 11.1. The van der Waals surface area contributed by atoms with Crippen LogP contribution >= 0.6 is 0 Å². The summed E-state index contributed by atoms with van der Waals surface area (Å²) in [7, 11) is 2.27. The number of carbonyl (C=O) groups excluding carboxylic acids is 2. The van der Waals surface area contributed by atoms with Crippen LogP contribution in [0, 0.1) is 11.8 Å². The Kier molecular flexibility index (Phi) is 5.82. The first-order chi connectivity index (χ1) is 6.62. The van der Waals surface area contributed by atoms with Gasteiger partial charge in [-0.2, -0.15) is 0 Å². The van der Waals surface area contributed by atoms with Crippen molar-refractivity contribution in [1.29, 1.82) is 0 Å². The van der Waals surface area contributed by atoms with Crippen LogP contribution in [0.3, 0.4) is 0 Å². The fourth-order valence-corrected chi connectivity index (χ4v) is 1.03. The molecule has 0 rings (SSSR count). The second kappa shape index (κ2) is 6.33. The van der Waals surface area contributed by atoms with E-state index in [9.17, 15) is 9.59 Å². The van der Waals surface area contributed by atoms with E-state index in [-0.39, 0.29) is 0 Å². The lowest BCUT2D eigenvalue weighted by Gasteiger charge is -2.18. The highest BCUT2D eigenvalue weighted by Crippen LogP contribution is 2.14. The second-order valence-electron chi connectivity index (χ2n) is 2.62. The number of methoxy groups -OCH3 is 2. The molecule has 0 aromatic carbocycles. The highest BCUT2D eigenvalue weighted by molar-refractivity contribution is 5.82. The minimum absolute atomic E-state index is 0.576. The molecule has 0 bridgehead atoms. The van der Waals surface area contributed by atoms with Crippen LogP contribution in [-0.2, 0) is 19.1 Å². The Hall–Kier alpha value is -1.14. The Morgan fingerprint density at radius 2 is 1.29 bits per heavy atom. The number of aliphatic hydroxyl groups is 2. The molecule has 82 valence electrons. The summed E-state index contributed by atoms with van der Waals surface area (Å²) < 4.78 is 8.73. The van der Waals surface area contributed by atoms with E-state index >= 15 is 0 Å². The van der Waals surface area contributed by atoms with Gasteiger partial charge in [-0.1, -0.05) is 0 Å². The van der Waals surface area contributed by atoms with Crippen molar-refractivity contribution in [2.45, 2.75) is 0 Å². The molecule has 2 N–H and O–H groups in total. The van der Waals surface area contributed by atoms with Gasteiger partial charge in [-0.15, -0.1) is 0 Å². The molecule has 0 saturated heterocycles. The Bertz CT molecular complexity index is 180. The van der Waals surface area contributed by atoms with Crippen LogP contribution in [0.15, 0.2) is 0 Å². The Morgan fingerprint density at radius 1 is 1.00 bits per heavy atom. The minimum Gasteiger partial charge on any atom is -0.469 e. The van der Waals surface area contributed by atoms with Crippen molar-refractivity contribution in [3.05, 3.63) is 0 Å². The maximum absolute atomic E-state index is 11.1. The summed E-state index contributed by atoms with van der Waals surface area (Å²) in [5, 5.41) is 17.7. The summed E-state index contributed by atoms with van der Waals surface area (Å²) in [4.78, 5) is 22.1. The predicted molar refractivity (Wildman–Crippen MR) is 45.2 cm³/mol. The third-order valence-corrected chi connectivity index (χ3v) is 1.89. The van der Waals surface area contributed by atoms with Crippen molar-refractivity contribution in [3.63, 3.8) is 0 Å². The van der Waals surface area contributed by atoms with Crippen molar-refractivity contribution >= 4 is 11.9 Å². The zero-order valence-electron chi connectivity index (χ0n) is 8.10. The normalized spacial score (nSPS) is 14.3. The molecular formula is C8H14O6. The van der Waals surface area contributed by atoms with E-state index in [4.69, 9.17) is 10.2 Å². The maximum Gasteiger partial charge on any atom is 0.311 e. The van der Waals surface area contributed by atoms with Gasteiger partial charge in [-0.05, 0) is 0 Å². The summed E-state index contributed by atoms with van der Waals surface area (Å²) in [6.45, 7) is -1.15. The number of esters is 2. The third kappa shape index (κ3) is 2.97. The van der Waals surface area contributed by atoms with Gasteiger partial charge in [0.05, 0.1) is 39.3 Å². The molecule has 2 atom stereocenters. The summed E-state index contributed by atoms with van der Waals surface area (Å²) in [6, 6.07) is 0. The first-order valence-corrected chi connectivity index (χ1v) is 3.99. The molecule has 0 fully saturated rings. The predicted octanol–water partition coefficient (Wildman–Crippen LogP) is -1.45. The monoisotopic (exact) mass is 206 g/mol. The van der Waals surface area contributed by atoms with Crippen LogP contribution in [0.25, 0.3) is 0 Å². The fraction of sp³-hybridized carbons (Fsp3) is 0.750. The second-order valence-corrected chi connectivity index (χ2v) is 2.62. The molecule has 0 radical (unpaired) electrons. The van der Waals surface area contributed by atoms with Gasteiger partial charge in [-0.3, -0.25) is 9.59 Å². The number of ether oxygens (including phenoxy) is 2. The van der Waals surface area contributed by atoms with Crippen molar-refractivity contribution in [3.8, 4) is 0 Å². The summed E-state index contributed by atoms with van der Waals surface area (Å²) in [6.07, 6.45) is 0. The van der Waals surface area contributed by atoms with E-state index in [0.29, 0.717) is 0 Å². The number of carbonyl (C=O) groups is 2. The topological polar surface area (TPSA) is 93.1 Å². The highest BCUT2D eigenvalue weighted by atomic mass is 16.5. The lowest BCUT2D eigenvalue weighted by molar-refractivity contribution is -0.161. The largest absolute Gasteiger partial charge is 0.469 e. The Balaban J connectivity index is 4.60. The number of aliphatic hydroxyl groups excluding tert-OH is 2.